The molecule has 7 heteroatoms. The number of benzene rings is 1. The molecule has 3 N–H and O–H groups in total. The molecule has 0 bridgehead atoms. The van der Waals surface area contributed by atoms with Gasteiger partial charge < -0.3 is 20.7 Å². The minimum Gasteiger partial charge on any atom is -0.379 e. The Morgan fingerprint density at radius 2 is 1.86 bits per heavy atom. The smallest absolute Gasteiger partial charge is 0.221 e. The molecule has 7 nitrogen and oxygen atoms in total. The number of nitrogens with zero attached hydrogens (tertiary/aromatic N) is 2. The zero-order valence-electron chi connectivity index (χ0n) is 17.6. The van der Waals surface area contributed by atoms with Crippen molar-refractivity contribution in [2.24, 2.45) is 10.9 Å². The maximum atomic E-state index is 11.1. The first-order valence-corrected chi connectivity index (χ1v) is 10.1. The summed E-state index contributed by atoms with van der Waals surface area (Å²) in [6, 6.07) is 8.40. The van der Waals surface area contributed by atoms with Crippen LogP contribution in [0.3, 0.4) is 0 Å². The highest BCUT2D eigenvalue weighted by Gasteiger charge is 2.23. The van der Waals surface area contributed by atoms with Crippen molar-refractivity contribution in [2.75, 3.05) is 51.8 Å². The van der Waals surface area contributed by atoms with Crippen molar-refractivity contribution in [1.82, 2.24) is 15.5 Å². The van der Waals surface area contributed by atoms with Gasteiger partial charge in [-0.3, -0.25) is 14.7 Å². The summed E-state index contributed by atoms with van der Waals surface area (Å²) in [6.45, 7) is 11.3. The van der Waals surface area contributed by atoms with E-state index in [2.05, 4.69) is 39.7 Å². The first-order valence-electron chi connectivity index (χ1n) is 10.1. The Kier molecular flexibility index (Phi) is 9.23. The summed E-state index contributed by atoms with van der Waals surface area (Å²) in [7, 11) is 1.80. The van der Waals surface area contributed by atoms with Crippen LogP contribution in [0, 0.1) is 5.92 Å². The van der Waals surface area contributed by atoms with E-state index < -0.39 is 0 Å². The van der Waals surface area contributed by atoms with Gasteiger partial charge in [-0.2, -0.15) is 0 Å². The average molecular weight is 390 g/mol. The van der Waals surface area contributed by atoms with Gasteiger partial charge in [-0.15, -0.1) is 0 Å². The SMILES string of the molecule is CN=C(NCCc1ccc(NC(C)=O)cc1)NCC(C(C)C)N1CCOCC1. The van der Waals surface area contributed by atoms with Gasteiger partial charge in [0, 0.05) is 51.9 Å². The van der Waals surface area contributed by atoms with Gasteiger partial charge in [0.2, 0.25) is 5.91 Å². The number of anilines is 1. The summed E-state index contributed by atoms with van der Waals surface area (Å²) in [4.78, 5) is 17.9. The predicted octanol–water partition coefficient (Wildman–Crippen LogP) is 1.71. The van der Waals surface area contributed by atoms with Gasteiger partial charge in [-0.05, 0) is 30.0 Å². The molecular formula is C21H35N5O2. The highest BCUT2D eigenvalue weighted by Crippen LogP contribution is 2.12. The van der Waals surface area contributed by atoms with E-state index in [4.69, 9.17) is 4.74 Å². The van der Waals surface area contributed by atoms with E-state index in [-0.39, 0.29) is 5.91 Å². The van der Waals surface area contributed by atoms with Crippen molar-refractivity contribution in [3.05, 3.63) is 29.8 Å². The van der Waals surface area contributed by atoms with Crippen LogP contribution in [0.4, 0.5) is 5.69 Å². The summed E-state index contributed by atoms with van der Waals surface area (Å²) in [6.07, 6.45) is 0.887. The number of rotatable bonds is 8. The molecule has 2 rings (SSSR count). The fraction of sp³-hybridized carbons (Fsp3) is 0.619. The number of amides is 1. The van der Waals surface area contributed by atoms with Crippen molar-refractivity contribution in [3.63, 3.8) is 0 Å². The number of nitrogens with one attached hydrogen (secondary N) is 3. The Balaban J connectivity index is 1.76. The van der Waals surface area contributed by atoms with E-state index in [0.717, 1.165) is 57.5 Å². The number of carbonyl (C=O) groups excluding carboxylic acids is 1. The van der Waals surface area contributed by atoms with Gasteiger partial charge in [0.05, 0.1) is 13.2 Å². The fourth-order valence-electron chi connectivity index (χ4n) is 3.40. The summed E-state index contributed by atoms with van der Waals surface area (Å²) >= 11 is 0. The monoisotopic (exact) mass is 389 g/mol. The third-order valence-corrected chi connectivity index (χ3v) is 4.97. The third kappa shape index (κ3) is 7.48. The summed E-state index contributed by atoms with van der Waals surface area (Å²) in [5, 5.41) is 9.65. The first kappa shape index (κ1) is 22.2. The molecule has 1 aromatic carbocycles. The normalized spacial score (nSPS) is 16.7. The van der Waals surface area contributed by atoms with E-state index in [1.165, 1.54) is 12.5 Å². The van der Waals surface area contributed by atoms with E-state index in [0.29, 0.717) is 12.0 Å². The zero-order valence-corrected chi connectivity index (χ0v) is 17.6. The maximum absolute atomic E-state index is 11.1. The fourth-order valence-corrected chi connectivity index (χ4v) is 3.40. The van der Waals surface area contributed by atoms with Crippen molar-refractivity contribution < 1.29 is 9.53 Å². The molecule has 28 heavy (non-hydrogen) atoms. The largest absolute Gasteiger partial charge is 0.379 e. The highest BCUT2D eigenvalue weighted by atomic mass is 16.5. The van der Waals surface area contributed by atoms with Crippen molar-refractivity contribution >= 4 is 17.6 Å². The second-order valence-corrected chi connectivity index (χ2v) is 7.47. The topological polar surface area (TPSA) is 78.0 Å². The quantitative estimate of drug-likeness (QED) is 0.466. The van der Waals surface area contributed by atoms with Gasteiger partial charge >= 0.3 is 0 Å². The van der Waals surface area contributed by atoms with E-state index in [9.17, 15) is 4.79 Å². The molecule has 1 atom stereocenters. The van der Waals surface area contributed by atoms with Crippen LogP contribution >= 0.6 is 0 Å². The molecule has 1 aliphatic heterocycles. The van der Waals surface area contributed by atoms with E-state index >= 15 is 0 Å². The molecule has 0 spiro atoms. The number of aliphatic imine (C=N–C) groups is 1. The molecule has 1 fully saturated rings. The van der Waals surface area contributed by atoms with Crippen LogP contribution in [0.5, 0.6) is 0 Å². The highest BCUT2D eigenvalue weighted by molar-refractivity contribution is 5.88. The molecular weight excluding hydrogens is 354 g/mol. The second-order valence-electron chi connectivity index (χ2n) is 7.47. The van der Waals surface area contributed by atoms with E-state index in [1.54, 1.807) is 7.05 Å². The number of ether oxygens (including phenoxy) is 1. The van der Waals surface area contributed by atoms with Crippen LogP contribution in [0.25, 0.3) is 0 Å². The van der Waals surface area contributed by atoms with Gasteiger partial charge in [-0.1, -0.05) is 26.0 Å². The standard InChI is InChI=1S/C21H35N5O2/c1-16(2)20(26-11-13-28-14-12-26)15-24-21(22-4)23-10-9-18-5-7-19(8-6-18)25-17(3)27/h5-8,16,20H,9-15H2,1-4H3,(H,25,27)(H2,22,23,24). The molecule has 0 aliphatic carbocycles. The molecule has 0 saturated carbocycles. The lowest BCUT2D eigenvalue weighted by Crippen LogP contribution is -2.52. The van der Waals surface area contributed by atoms with E-state index in [1.807, 2.05) is 24.3 Å². The summed E-state index contributed by atoms with van der Waals surface area (Å²) in [5.41, 5.74) is 2.04. The number of carbonyl (C=O) groups is 1. The van der Waals surface area contributed by atoms with Crippen molar-refractivity contribution in [2.45, 2.75) is 33.2 Å². The van der Waals surface area contributed by atoms with Crippen molar-refractivity contribution in [3.8, 4) is 0 Å². The van der Waals surface area contributed by atoms with Gasteiger partial charge in [0.25, 0.3) is 0 Å². The molecule has 1 amide bonds. The molecule has 1 aromatic rings. The van der Waals surface area contributed by atoms with Gasteiger partial charge in [0.15, 0.2) is 5.96 Å². The number of morpholine rings is 1. The predicted molar refractivity (Wildman–Crippen MR) is 115 cm³/mol. The maximum Gasteiger partial charge on any atom is 0.221 e. The number of hydrogen-bond acceptors (Lipinski definition) is 4. The lowest BCUT2D eigenvalue weighted by molar-refractivity contribution is -0.114. The third-order valence-electron chi connectivity index (χ3n) is 4.97. The number of guanidine groups is 1. The van der Waals surface area contributed by atoms with Gasteiger partial charge in [-0.25, -0.2) is 0 Å². The average Bonchev–Trinajstić information content (AvgIpc) is 2.68. The van der Waals surface area contributed by atoms with Crippen molar-refractivity contribution in [1.29, 1.82) is 0 Å². The minimum atomic E-state index is -0.0546. The van der Waals surface area contributed by atoms with Crippen LogP contribution in [-0.2, 0) is 16.0 Å². The molecule has 0 radical (unpaired) electrons. The Morgan fingerprint density at radius 1 is 1.18 bits per heavy atom. The van der Waals surface area contributed by atoms with Crippen LogP contribution in [0.2, 0.25) is 0 Å². The second kappa shape index (κ2) is 11.7. The Bertz CT molecular complexity index is 624. The zero-order chi connectivity index (χ0) is 20.4. The summed E-state index contributed by atoms with van der Waals surface area (Å²) < 4.78 is 5.48. The molecule has 1 saturated heterocycles. The van der Waals surface area contributed by atoms with Gasteiger partial charge in [0.1, 0.15) is 0 Å². The van der Waals surface area contributed by atoms with Crippen LogP contribution in [0.15, 0.2) is 29.3 Å². The Labute approximate surface area is 168 Å². The molecule has 1 heterocycles. The van der Waals surface area contributed by atoms with Crippen LogP contribution in [0.1, 0.15) is 26.3 Å². The lowest BCUT2D eigenvalue weighted by atomic mass is 10.0. The molecule has 156 valence electrons. The first-order chi connectivity index (χ1) is 13.5. The molecule has 1 unspecified atom stereocenters. The number of hydrogen-bond donors (Lipinski definition) is 3. The summed E-state index contributed by atoms with van der Waals surface area (Å²) in [5.74, 6) is 1.33. The Hall–Kier alpha value is -2.12. The minimum absolute atomic E-state index is 0.0546. The molecule has 1 aliphatic rings. The lowest BCUT2D eigenvalue weighted by Gasteiger charge is -2.37. The Morgan fingerprint density at radius 3 is 2.43 bits per heavy atom. The van der Waals surface area contributed by atoms with Crippen LogP contribution in [-0.4, -0.2) is 69.2 Å². The van der Waals surface area contributed by atoms with Crippen LogP contribution < -0.4 is 16.0 Å². The molecule has 0 aromatic heterocycles.